The minimum atomic E-state index is -0.171. The van der Waals surface area contributed by atoms with Gasteiger partial charge < -0.3 is 9.84 Å². The molecule has 6 fully saturated rings. The van der Waals surface area contributed by atoms with Gasteiger partial charge in [-0.15, -0.1) is 0 Å². The zero-order chi connectivity index (χ0) is 26.8. The monoisotopic (exact) mass is 508 g/mol. The highest BCUT2D eigenvalue weighted by molar-refractivity contribution is 5.90. The average Bonchev–Trinajstić information content (AvgIpc) is 3.38. The Morgan fingerprint density at radius 3 is 2.27 bits per heavy atom. The van der Waals surface area contributed by atoms with Crippen LogP contribution in [-0.2, 0) is 9.53 Å². The second-order valence-corrected chi connectivity index (χ2v) is 16.0. The summed E-state index contributed by atoms with van der Waals surface area (Å²) < 4.78 is 6.12. The molecule has 1 heterocycles. The van der Waals surface area contributed by atoms with Gasteiger partial charge in [0.1, 0.15) is 6.10 Å². The van der Waals surface area contributed by atoms with E-state index < -0.39 is 0 Å². The molecular weight excluding hydrogens is 456 g/mol. The zero-order valence-electron chi connectivity index (χ0n) is 24.5. The number of aliphatic hydroxyl groups is 1. The fraction of sp³-hybridized carbons (Fsp3) is 0.853. The van der Waals surface area contributed by atoms with Gasteiger partial charge in [0.15, 0.2) is 0 Å². The number of cyclic esters (lactones) is 1. The molecule has 6 aliphatic rings. The van der Waals surface area contributed by atoms with Gasteiger partial charge in [0.2, 0.25) is 0 Å². The molecule has 3 heteroatoms. The number of esters is 1. The molecule has 5 saturated carbocycles. The van der Waals surface area contributed by atoms with Crippen LogP contribution in [-0.4, -0.2) is 23.3 Å². The van der Waals surface area contributed by atoms with Crippen LogP contribution in [0.5, 0.6) is 0 Å². The minimum Gasteiger partial charge on any atom is -0.458 e. The van der Waals surface area contributed by atoms with Crippen molar-refractivity contribution in [2.45, 2.75) is 124 Å². The van der Waals surface area contributed by atoms with Gasteiger partial charge in [-0.1, -0.05) is 53.3 Å². The standard InChI is InChI=1S/C34H52O3/c1-20(2)22-11-16-34(27-19-21(3)29(36)37-27)18-17-32(7)23(28(22)34)9-10-25-31(6)14-13-26(35)30(4,5)24(31)12-15-33(25,32)8/h22-28,35H,1,3,9-19H2,2,4-8H3/t22-,23+,24-,25+,26-,27+,28+,31-,32+,33+,34+/m0/s1. The van der Waals surface area contributed by atoms with Gasteiger partial charge in [-0.05, 0) is 122 Å². The Bertz CT molecular complexity index is 1010. The molecule has 206 valence electrons. The number of allylic oxidation sites excluding steroid dienone is 1. The lowest BCUT2D eigenvalue weighted by Gasteiger charge is -2.73. The Morgan fingerprint density at radius 1 is 0.892 bits per heavy atom. The summed E-state index contributed by atoms with van der Waals surface area (Å²) in [5, 5.41) is 11.0. The second-order valence-electron chi connectivity index (χ2n) is 16.0. The largest absolute Gasteiger partial charge is 0.458 e. The Balaban J connectivity index is 1.40. The first-order valence-corrected chi connectivity index (χ1v) is 15.4. The van der Waals surface area contributed by atoms with Gasteiger partial charge in [-0.3, -0.25) is 0 Å². The molecule has 1 aliphatic heterocycles. The molecule has 0 unspecified atom stereocenters. The predicted octanol–water partition coefficient (Wildman–Crippen LogP) is 7.88. The van der Waals surface area contributed by atoms with Crippen molar-refractivity contribution in [3.05, 3.63) is 24.3 Å². The topological polar surface area (TPSA) is 46.5 Å². The van der Waals surface area contributed by atoms with E-state index in [1.165, 1.54) is 63.4 Å². The lowest BCUT2D eigenvalue weighted by Crippen LogP contribution is -2.67. The molecule has 3 nitrogen and oxygen atoms in total. The Hall–Kier alpha value is -1.09. The maximum atomic E-state index is 12.5. The van der Waals surface area contributed by atoms with Crippen LogP contribution in [0.1, 0.15) is 112 Å². The third kappa shape index (κ3) is 3.13. The molecule has 0 radical (unpaired) electrons. The fourth-order valence-electron chi connectivity index (χ4n) is 12.6. The molecule has 1 saturated heterocycles. The number of ether oxygens (including phenoxy) is 1. The maximum absolute atomic E-state index is 12.5. The van der Waals surface area contributed by atoms with Crippen molar-refractivity contribution in [1.82, 2.24) is 0 Å². The number of aliphatic hydroxyl groups excluding tert-OH is 1. The molecule has 0 aromatic heterocycles. The summed E-state index contributed by atoms with van der Waals surface area (Å²) in [5.74, 6) is 2.90. The lowest BCUT2D eigenvalue weighted by atomic mass is 9.32. The fourth-order valence-corrected chi connectivity index (χ4v) is 12.6. The van der Waals surface area contributed by atoms with E-state index >= 15 is 0 Å². The molecule has 0 spiro atoms. The van der Waals surface area contributed by atoms with Crippen LogP contribution in [0.15, 0.2) is 24.3 Å². The van der Waals surface area contributed by atoms with Crippen LogP contribution < -0.4 is 0 Å². The normalized spacial score (nSPS) is 54.5. The van der Waals surface area contributed by atoms with Crippen molar-refractivity contribution >= 4 is 5.97 Å². The molecule has 0 amide bonds. The number of carbonyl (C=O) groups excluding carboxylic acids is 1. The molecule has 37 heavy (non-hydrogen) atoms. The van der Waals surface area contributed by atoms with Gasteiger partial charge in [0, 0.05) is 17.4 Å². The van der Waals surface area contributed by atoms with Gasteiger partial charge >= 0.3 is 5.97 Å². The highest BCUT2D eigenvalue weighted by Gasteiger charge is 2.72. The van der Waals surface area contributed by atoms with E-state index in [1.54, 1.807) is 0 Å². The van der Waals surface area contributed by atoms with Gasteiger partial charge in [-0.25, -0.2) is 4.79 Å². The SMILES string of the molecule is C=C1C[C@H]([C@]23CC[C@@H](C(=C)C)[C@@H]2[C@H]2CC[C@@H]4[C@@]5(C)CC[C@H](O)C(C)(C)[C@@H]5CC[C@@]4(C)[C@]2(C)CC3)OC1=O. The zero-order valence-corrected chi connectivity index (χ0v) is 24.5. The van der Waals surface area contributed by atoms with Crippen LogP contribution >= 0.6 is 0 Å². The number of hydrogen-bond acceptors (Lipinski definition) is 3. The molecule has 5 aliphatic carbocycles. The molecule has 0 aromatic rings. The summed E-state index contributed by atoms with van der Waals surface area (Å²) in [7, 11) is 0. The van der Waals surface area contributed by atoms with Crippen molar-refractivity contribution in [3.8, 4) is 0 Å². The lowest BCUT2D eigenvalue weighted by molar-refractivity contribution is -0.253. The van der Waals surface area contributed by atoms with Crippen LogP contribution in [0.2, 0.25) is 0 Å². The Morgan fingerprint density at radius 2 is 1.62 bits per heavy atom. The Kier molecular flexibility index (Phi) is 5.64. The van der Waals surface area contributed by atoms with E-state index in [2.05, 4.69) is 54.7 Å². The van der Waals surface area contributed by atoms with E-state index in [0.29, 0.717) is 46.0 Å². The van der Waals surface area contributed by atoms with Crippen LogP contribution in [0, 0.1) is 56.7 Å². The van der Waals surface area contributed by atoms with Crippen LogP contribution in [0.4, 0.5) is 0 Å². The molecule has 0 aromatic carbocycles. The smallest absolute Gasteiger partial charge is 0.333 e. The Labute approximate surface area is 225 Å². The van der Waals surface area contributed by atoms with E-state index in [1.807, 2.05) is 0 Å². The van der Waals surface area contributed by atoms with Gasteiger partial charge in [0.25, 0.3) is 0 Å². The molecule has 6 rings (SSSR count). The molecule has 1 N–H and O–H groups in total. The van der Waals surface area contributed by atoms with Crippen molar-refractivity contribution in [1.29, 1.82) is 0 Å². The minimum absolute atomic E-state index is 0.000945. The first-order valence-electron chi connectivity index (χ1n) is 15.4. The quantitative estimate of drug-likeness (QED) is 0.234. The number of fused-ring (bicyclic) bond motifs is 7. The van der Waals surface area contributed by atoms with Crippen LogP contribution in [0.3, 0.4) is 0 Å². The van der Waals surface area contributed by atoms with Crippen molar-refractivity contribution in [2.24, 2.45) is 56.7 Å². The van der Waals surface area contributed by atoms with E-state index in [4.69, 9.17) is 4.74 Å². The van der Waals surface area contributed by atoms with Crippen molar-refractivity contribution < 1.29 is 14.6 Å². The molecule has 0 bridgehead atoms. The number of carbonyl (C=O) groups is 1. The van der Waals surface area contributed by atoms with Crippen LogP contribution in [0.25, 0.3) is 0 Å². The van der Waals surface area contributed by atoms with Crippen molar-refractivity contribution in [3.63, 3.8) is 0 Å². The van der Waals surface area contributed by atoms with Gasteiger partial charge in [0.05, 0.1) is 6.10 Å². The summed E-state index contributed by atoms with van der Waals surface area (Å²) in [6, 6.07) is 0. The van der Waals surface area contributed by atoms with Crippen molar-refractivity contribution in [2.75, 3.05) is 0 Å². The maximum Gasteiger partial charge on any atom is 0.333 e. The third-order valence-electron chi connectivity index (χ3n) is 14.7. The first-order chi connectivity index (χ1) is 17.2. The summed E-state index contributed by atoms with van der Waals surface area (Å²) in [4.78, 5) is 12.5. The van der Waals surface area contributed by atoms with Gasteiger partial charge in [-0.2, -0.15) is 0 Å². The van der Waals surface area contributed by atoms with E-state index in [9.17, 15) is 9.90 Å². The summed E-state index contributed by atoms with van der Waals surface area (Å²) in [5.41, 5.74) is 3.00. The third-order valence-corrected chi connectivity index (χ3v) is 14.7. The second kappa shape index (κ2) is 7.98. The summed E-state index contributed by atoms with van der Waals surface area (Å²) in [6.07, 6.45) is 12.6. The molecule has 11 atom stereocenters. The first kappa shape index (κ1) is 26.1. The highest BCUT2D eigenvalue weighted by atomic mass is 16.6. The van der Waals surface area contributed by atoms with E-state index in [-0.39, 0.29) is 34.4 Å². The summed E-state index contributed by atoms with van der Waals surface area (Å²) in [6.45, 7) is 23.5. The highest BCUT2D eigenvalue weighted by Crippen LogP contribution is 2.78. The number of hydrogen-bond donors (Lipinski definition) is 1. The number of rotatable bonds is 2. The average molecular weight is 509 g/mol. The predicted molar refractivity (Wildman–Crippen MR) is 149 cm³/mol. The van der Waals surface area contributed by atoms with E-state index in [0.717, 1.165) is 12.8 Å². The summed E-state index contributed by atoms with van der Waals surface area (Å²) >= 11 is 0. The molecular formula is C34H52O3.